The first-order valence-electron chi connectivity index (χ1n) is 6.17. The van der Waals surface area contributed by atoms with Crippen LogP contribution in [0.1, 0.15) is 44.6 Å². The van der Waals surface area contributed by atoms with Gasteiger partial charge in [0.2, 0.25) is 0 Å². The first-order chi connectivity index (χ1) is 7.68. The van der Waals surface area contributed by atoms with Crippen LogP contribution in [0, 0.1) is 0 Å². The van der Waals surface area contributed by atoms with Gasteiger partial charge in [0, 0.05) is 0 Å². The van der Waals surface area contributed by atoms with Crippen molar-refractivity contribution >= 4 is 0 Å². The molecule has 0 aliphatic heterocycles. The van der Waals surface area contributed by atoms with E-state index in [1.165, 1.54) is 24.8 Å². The van der Waals surface area contributed by atoms with Gasteiger partial charge < -0.3 is 5.11 Å². The van der Waals surface area contributed by atoms with Gasteiger partial charge in [0.1, 0.15) is 5.60 Å². The van der Waals surface area contributed by atoms with Crippen molar-refractivity contribution < 1.29 is 5.11 Å². The van der Waals surface area contributed by atoms with Crippen LogP contribution < -0.4 is 0 Å². The molecule has 1 fully saturated rings. The maximum absolute atomic E-state index is 10.5. The number of rotatable bonds is 2. The molecule has 16 heavy (non-hydrogen) atoms. The van der Waals surface area contributed by atoms with E-state index in [2.05, 4.69) is 6.08 Å². The van der Waals surface area contributed by atoms with E-state index >= 15 is 0 Å². The Kier molecular flexibility index (Phi) is 3.45. The van der Waals surface area contributed by atoms with Gasteiger partial charge in [-0.3, -0.25) is 0 Å². The second-order valence-corrected chi connectivity index (χ2v) is 4.88. The lowest BCUT2D eigenvalue weighted by Crippen LogP contribution is -2.19. The van der Waals surface area contributed by atoms with Crippen LogP contribution in [0.3, 0.4) is 0 Å². The third-order valence-corrected chi connectivity index (χ3v) is 3.34. The zero-order chi connectivity index (χ0) is 11.4. The van der Waals surface area contributed by atoms with Crippen LogP contribution in [0.5, 0.6) is 0 Å². The van der Waals surface area contributed by atoms with Crippen molar-refractivity contribution in [2.45, 2.75) is 44.6 Å². The highest BCUT2D eigenvalue weighted by atomic mass is 16.3. The Balaban J connectivity index is 2.18. The van der Waals surface area contributed by atoms with Crippen molar-refractivity contribution in [3.8, 4) is 0 Å². The van der Waals surface area contributed by atoms with E-state index in [1.54, 1.807) is 0 Å². The van der Waals surface area contributed by atoms with Crippen LogP contribution >= 0.6 is 0 Å². The number of allylic oxidation sites excluding steroid dienone is 1. The van der Waals surface area contributed by atoms with Crippen LogP contribution in [0.4, 0.5) is 0 Å². The van der Waals surface area contributed by atoms with Crippen molar-refractivity contribution in [2.24, 2.45) is 0 Å². The number of aliphatic hydroxyl groups is 1. The van der Waals surface area contributed by atoms with E-state index in [9.17, 15) is 5.11 Å². The Hall–Kier alpha value is -1.08. The first kappa shape index (κ1) is 11.4. The monoisotopic (exact) mass is 216 g/mol. The predicted octanol–water partition coefficient (Wildman–Crippen LogP) is 3.78. The number of hydrogen-bond donors (Lipinski definition) is 1. The summed E-state index contributed by atoms with van der Waals surface area (Å²) in [4.78, 5) is 0. The number of benzene rings is 1. The van der Waals surface area contributed by atoms with Gasteiger partial charge in [0.15, 0.2) is 0 Å². The first-order valence-corrected chi connectivity index (χ1v) is 6.17. The molecule has 0 bridgehead atoms. The van der Waals surface area contributed by atoms with E-state index in [-0.39, 0.29) is 0 Å². The fourth-order valence-electron chi connectivity index (χ4n) is 2.41. The summed E-state index contributed by atoms with van der Waals surface area (Å²) in [7, 11) is 0. The minimum Gasteiger partial charge on any atom is -0.381 e. The van der Waals surface area contributed by atoms with Crippen molar-refractivity contribution in [1.82, 2.24) is 0 Å². The van der Waals surface area contributed by atoms with Gasteiger partial charge >= 0.3 is 0 Å². The third-order valence-electron chi connectivity index (χ3n) is 3.34. The zero-order valence-electron chi connectivity index (χ0n) is 9.95. The SMILES string of the molecule is CC(O)(C=C1CCCCC1)c1ccccc1. The van der Waals surface area contributed by atoms with E-state index in [1.807, 2.05) is 37.3 Å². The molecule has 0 aromatic heterocycles. The van der Waals surface area contributed by atoms with Gasteiger partial charge in [-0.05, 0) is 44.2 Å². The standard InChI is InChI=1S/C15H20O/c1-15(16,14-10-6-3-7-11-14)12-13-8-4-2-5-9-13/h3,6-7,10-12,16H,2,4-5,8-9H2,1H3. The second-order valence-electron chi connectivity index (χ2n) is 4.88. The molecule has 1 nitrogen and oxygen atoms in total. The summed E-state index contributed by atoms with van der Waals surface area (Å²) in [6, 6.07) is 9.90. The van der Waals surface area contributed by atoms with Gasteiger partial charge in [0.05, 0.1) is 0 Å². The van der Waals surface area contributed by atoms with Crippen LogP contribution in [0.2, 0.25) is 0 Å². The van der Waals surface area contributed by atoms with Crippen LogP contribution in [-0.4, -0.2) is 5.11 Å². The Morgan fingerprint density at radius 2 is 1.69 bits per heavy atom. The van der Waals surface area contributed by atoms with Crippen molar-refractivity contribution in [3.05, 3.63) is 47.5 Å². The fourth-order valence-corrected chi connectivity index (χ4v) is 2.41. The molecule has 1 aromatic rings. The molecule has 1 aromatic carbocycles. The molecule has 1 unspecified atom stereocenters. The van der Waals surface area contributed by atoms with E-state index < -0.39 is 5.60 Å². The van der Waals surface area contributed by atoms with E-state index in [0.717, 1.165) is 18.4 Å². The Labute approximate surface area is 97.8 Å². The summed E-state index contributed by atoms with van der Waals surface area (Å²) in [5.41, 5.74) is 1.58. The van der Waals surface area contributed by atoms with Crippen molar-refractivity contribution in [3.63, 3.8) is 0 Å². The lowest BCUT2D eigenvalue weighted by Gasteiger charge is -2.23. The van der Waals surface area contributed by atoms with Crippen LogP contribution in [0.25, 0.3) is 0 Å². The summed E-state index contributed by atoms with van der Waals surface area (Å²) in [5.74, 6) is 0. The molecule has 86 valence electrons. The minimum absolute atomic E-state index is 0.812. The van der Waals surface area contributed by atoms with Gasteiger partial charge in [-0.15, -0.1) is 0 Å². The third kappa shape index (κ3) is 2.73. The normalized spacial score (nSPS) is 20.2. The Morgan fingerprint density at radius 3 is 2.31 bits per heavy atom. The summed E-state index contributed by atoms with van der Waals surface area (Å²) in [6.07, 6.45) is 8.26. The molecule has 1 aliphatic carbocycles. The topological polar surface area (TPSA) is 20.2 Å². The van der Waals surface area contributed by atoms with Crippen LogP contribution in [-0.2, 0) is 5.60 Å². The van der Waals surface area contributed by atoms with E-state index in [0.29, 0.717) is 0 Å². The summed E-state index contributed by atoms with van der Waals surface area (Å²) in [5, 5.41) is 10.5. The highest BCUT2D eigenvalue weighted by molar-refractivity contribution is 5.28. The zero-order valence-corrected chi connectivity index (χ0v) is 9.95. The smallest absolute Gasteiger partial charge is 0.105 e. The van der Waals surface area contributed by atoms with E-state index in [4.69, 9.17) is 0 Å². The van der Waals surface area contributed by atoms with Crippen LogP contribution in [0.15, 0.2) is 42.0 Å². The average Bonchev–Trinajstić information content (AvgIpc) is 2.31. The summed E-state index contributed by atoms with van der Waals surface area (Å²) >= 11 is 0. The molecule has 0 heterocycles. The van der Waals surface area contributed by atoms with Crippen molar-refractivity contribution in [2.75, 3.05) is 0 Å². The average molecular weight is 216 g/mol. The molecule has 1 atom stereocenters. The predicted molar refractivity (Wildman–Crippen MR) is 67.2 cm³/mol. The molecule has 2 rings (SSSR count). The van der Waals surface area contributed by atoms with Gasteiger partial charge in [0.25, 0.3) is 0 Å². The van der Waals surface area contributed by atoms with Crippen molar-refractivity contribution in [1.29, 1.82) is 0 Å². The number of hydrogen-bond acceptors (Lipinski definition) is 1. The van der Waals surface area contributed by atoms with Gasteiger partial charge in [-0.25, -0.2) is 0 Å². The maximum Gasteiger partial charge on any atom is 0.105 e. The van der Waals surface area contributed by atoms with Gasteiger partial charge in [-0.2, -0.15) is 0 Å². The van der Waals surface area contributed by atoms with Gasteiger partial charge in [-0.1, -0.05) is 42.3 Å². The lowest BCUT2D eigenvalue weighted by molar-refractivity contribution is 0.109. The summed E-state index contributed by atoms with van der Waals surface area (Å²) < 4.78 is 0. The highest BCUT2D eigenvalue weighted by Crippen LogP contribution is 2.29. The summed E-state index contributed by atoms with van der Waals surface area (Å²) in [6.45, 7) is 1.88. The molecule has 1 heteroatoms. The molecule has 1 aliphatic rings. The largest absolute Gasteiger partial charge is 0.381 e. The second kappa shape index (κ2) is 4.84. The minimum atomic E-state index is -0.812. The molecule has 0 saturated heterocycles. The fraction of sp³-hybridized carbons (Fsp3) is 0.467. The molecule has 1 N–H and O–H groups in total. The molecular formula is C15H20O. The highest BCUT2D eigenvalue weighted by Gasteiger charge is 2.21. The lowest BCUT2D eigenvalue weighted by atomic mass is 9.88. The molecule has 1 saturated carbocycles. The maximum atomic E-state index is 10.5. The Morgan fingerprint density at radius 1 is 1.06 bits per heavy atom. The quantitative estimate of drug-likeness (QED) is 0.746. The Bertz CT molecular complexity index is 354. The molecule has 0 radical (unpaired) electrons. The molecule has 0 spiro atoms. The molecular weight excluding hydrogens is 196 g/mol. The molecule has 0 amide bonds.